The zero-order valence-corrected chi connectivity index (χ0v) is 24.7. The van der Waals surface area contributed by atoms with E-state index in [9.17, 15) is 18.9 Å². The fraction of sp³-hybridized carbons (Fsp3) is 0.889. The lowest BCUT2D eigenvalue weighted by Crippen LogP contribution is -2.31. The molecule has 0 bridgehead atoms. The first-order valence-electron chi connectivity index (χ1n) is 13.2. The van der Waals surface area contributed by atoms with E-state index in [0.717, 1.165) is 38.5 Å². The second-order valence-electron chi connectivity index (χ2n) is 11.5. The first kappa shape index (κ1) is 34.1. The zero-order chi connectivity index (χ0) is 27.3. The lowest BCUT2D eigenvalue weighted by atomic mass is 9.83. The molecule has 206 valence electrons. The van der Waals surface area contributed by atoms with Crippen molar-refractivity contribution in [1.82, 2.24) is 0 Å². The van der Waals surface area contributed by atoms with Gasteiger partial charge >= 0.3 is 7.82 Å². The molecule has 0 spiro atoms. The molecule has 0 radical (unpaired) electrons. The van der Waals surface area contributed by atoms with Crippen molar-refractivity contribution in [1.29, 1.82) is 0 Å². The Morgan fingerprint density at radius 1 is 0.543 bits per heavy atom. The van der Waals surface area contributed by atoms with Crippen molar-refractivity contribution in [2.24, 2.45) is 16.2 Å². The minimum atomic E-state index is -4.33. The molecule has 0 unspecified atom stereocenters. The number of rotatable bonds is 21. The number of Topliss-reactive ketones (excluding diaryl/α,β-unsaturated/α-hetero) is 3. The molecule has 0 saturated heterocycles. The summed E-state index contributed by atoms with van der Waals surface area (Å²) < 4.78 is 29.6. The maximum Gasteiger partial charge on any atom is 0.476 e. The molecule has 35 heavy (non-hydrogen) atoms. The molecular formula is C27H51O7P. The van der Waals surface area contributed by atoms with Gasteiger partial charge in [-0.2, -0.15) is 0 Å². The van der Waals surface area contributed by atoms with Crippen molar-refractivity contribution in [3.8, 4) is 0 Å². The summed E-state index contributed by atoms with van der Waals surface area (Å²) in [5, 5.41) is 0. The molecule has 0 saturated carbocycles. The quantitative estimate of drug-likeness (QED) is 0.145. The monoisotopic (exact) mass is 518 g/mol. The van der Waals surface area contributed by atoms with Gasteiger partial charge < -0.3 is 0 Å². The van der Waals surface area contributed by atoms with E-state index in [1.807, 2.05) is 62.3 Å². The molecule has 0 rings (SSSR count). The Morgan fingerprint density at radius 3 is 0.971 bits per heavy atom. The number of carbonyl (C=O) groups is 3. The Bertz CT molecular complexity index is 630. The van der Waals surface area contributed by atoms with Gasteiger partial charge in [0, 0.05) is 16.2 Å². The van der Waals surface area contributed by atoms with Gasteiger partial charge in [-0.05, 0) is 19.3 Å². The second kappa shape index (κ2) is 15.4. The Kier molecular flexibility index (Phi) is 15.0. The van der Waals surface area contributed by atoms with Gasteiger partial charge in [0.25, 0.3) is 0 Å². The van der Waals surface area contributed by atoms with Crippen LogP contribution < -0.4 is 0 Å². The summed E-state index contributed by atoms with van der Waals surface area (Å²) in [6.07, 6.45) is 7.52. The number of unbranched alkanes of at least 4 members (excludes halogenated alkanes) is 3. The number of phosphoric ester groups is 1. The van der Waals surface area contributed by atoms with Gasteiger partial charge in [-0.1, -0.05) is 101 Å². The summed E-state index contributed by atoms with van der Waals surface area (Å²) >= 11 is 0. The lowest BCUT2D eigenvalue weighted by molar-refractivity contribution is -0.132. The average molecular weight is 519 g/mol. The van der Waals surface area contributed by atoms with Gasteiger partial charge in [-0.15, -0.1) is 0 Å². The molecule has 0 N–H and O–H groups in total. The van der Waals surface area contributed by atoms with Crippen LogP contribution in [-0.2, 0) is 32.5 Å². The third kappa shape index (κ3) is 12.8. The van der Waals surface area contributed by atoms with Crippen LogP contribution in [0.3, 0.4) is 0 Å². The third-order valence-electron chi connectivity index (χ3n) is 6.79. The number of carbonyl (C=O) groups excluding carboxylic acids is 3. The lowest BCUT2D eigenvalue weighted by Gasteiger charge is -2.27. The van der Waals surface area contributed by atoms with Crippen LogP contribution in [0, 0.1) is 16.2 Å². The standard InChI is InChI=1S/C27H51O7P/c1-10-13-16-25(4,5)22(28)19-32-35(31,33-20-23(29)26(6,7)17-14-11-2)34-21-24(30)27(8,9)18-15-12-3/h10-21H2,1-9H3. The molecule has 0 amide bonds. The Morgan fingerprint density at radius 2 is 0.771 bits per heavy atom. The SMILES string of the molecule is CCCCC(C)(C)C(=O)COP(=O)(OCC(=O)C(C)(C)CCCC)OCC(=O)C(C)(C)CCCC. The topological polar surface area (TPSA) is 96.0 Å². The van der Waals surface area contributed by atoms with Crippen LogP contribution in [0.25, 0.3) is 0 Å². The summed E-state index contributed by atoms with van der Waals surface area (Å²) in [6.45, 7) is 15.6. The third-order valence-corrected chi connectivity index (χ3v) is 8.13. The van der Waals surface area contributed by atoms with Crippen molar-refractivity contribution in [2.45, 2.75) is 120 Å². The number of hydrogen-bond donors (Lipinski definition) is 0. The second-order valence-corrected chi connectivity index (χ2v) is 13.2. The van der Waals surface area contributed by atoms with E-state index in [1.54, 1.807) is 0 Å². The maximum absolute atomic E-state index is 13.4. The van der Waals surface area contributed by atoms with Gasteiger partial charge in [-0.25, -0.2) is 4.57 Å². The fourth-order valence-corrected chi connectivity index (χ4v) is 4.44. The predicted octanol–water partition coefficient (Wildman–Crippen LogP) is 7.50. The summed E-state index contributed by atoms with van der Waals surface area (Å²) in [5.41, 5.74) is -1.97. The molecule has 0 aromatic heterocycles. The van der Waals surface area contributed by atoms with Gasteiger partial charge in [0.2, 0.25) is 0 Å². The summed E-state index contributed by atoms with van der Waals surface area (Å²) in [4.78, 5) is 38.3. The highest BCUT2D eigenvalue weighted by Crippen LogP contribution is 2.50. The fourth-order valence-electron chi connectivity index (χ4n) is 3.39. The van der Waals surface area contributed by atoms with Crippen LogP contribution in [0.1, 0.15) is 120 Å². The summed E-state index contributed by atoms with van der Waals surface area (Å²) in [7, 11) is -4.33. The molecule has 7 nitrogen and oxygen atoms in total. The van der Waals surface area contributed by atoms with E-state index < -0.39 is 43.9 Å². The largest absolute Gasteiger partial charge is 0.476 e. The molecule has 0 aliphatic carbocycles. The number of ketones is 3. The van der Waals surface area contributed by atoms with Gasteiger partial charge in [-0.3, -0.25) is 28.0 Å². The summed E-state index contributed by atoms with van der Waals surface area (Å²) in [5.74, 6) is -0.701. The number of hydrogen-bond acceptors (Lipinski definition) is 7. The highest BCUT2D eigenvalue weighted by atomic mass is 31.2. The molecule has 0 aliphatic heterocycles. The van der Waals surface area contributed by atoms with Gasteiger partial charge in [0.05, 0.1) is 0 Å². The molecule has 0 aromatic carbocycles. The normalized spacial score (nSPS) is 13.2. The van der Waals surface area contributed by atoms with Crippen molar-refractivity contribution >= 4 is 25.2 Å². The van der Waals surface area contributed by atoms with Crippen LogP contribution in [-0.4, -0.2) is 37.2 Å². The summed E-state index contributed by atoms with van der Waals surface area (Å²) in [6, 6.07) is 0. The van der Waals surface area contributed by atoms with Gasteiger partial charge in [0.15, 0.2) is 17.3 Å². The molecule has 0 aromatic rings. The average Bonchev–Trinajstić information content (AvgIpc) is 2.80. The Balaban J connectivity index is 5.44. The van der Waals surface area contributed by atoms with Crippen molar-refractivity contribution < 1.29 is 32.5 Å². The Hall–Kier alpha value is -0.880. The molecular weight excluding hydrogens is 467 g/mol. The zero-order valence-electron chi connectivity index (χ0n) is 23.8. The van der Waals surface area contributed by atoms with E-state index in [2.05, 4.69) is 0 Å². The molecule has 0 aliphatic rings. The van der Waals surface area contributed by atoms with Gasteiger partial charge in [0.1, 0.15) is 19.8 Å². The van der Waals surface area contributed by atoms with Crippen LogP contribution in [0.4, 0.5) is 0 Å². The van der Waals surface area contributed by atoms with E-state index in [0.29, 0.717) is 19.3 Å². The molecule has 0 heterocycles. The van der Waals surface area contributed by atoms with Crippen molar-refractivity contribution in [3.05, 3.63) is 0 Å². The smallest absolute Gasteiger partial charge is 0.296 e. The van der Waals surface area contributed by atoms with Crippen LogP contribution in [0.5, 0.6) is 0 Å². The Labute approximate surface area is 214 Å². The minimum Gasteiger partial charge on any atom is -0.296 e. The van der Waals surface area contributed by atoms with E-state index in [-0.39, 0.29) is 17.3 Å². The molecule has 0 fully saturated rings. The minimum absolute atomic E-state index is 0.234. The van der Waals surface area contributed by atoms with E-state index in [1.165, 1.54) is 0 Å². The van der Waals surface area contributed by atoms with E-state index >= 15 is 0 Å². The highest BCUT2D eigenvalue weighted by molar-refractivity contribution is 7.48. The van der Waals surface area contributed by atoms with Crippen LogP contribution in [0.2, 0.25) is 0 Å². The molecule has 8 heteroatoms. The van der Waals surface area contributed by atoms with Crippen LogP contribution in [0.15, 0.2) is 0 Å². The number of phosphoric acid groups is 1. The first-order chi connectivity index (χ1) is 16.1. The highest BCUT2D eigenvalue weighted by Gasteiger charge is 2.37. The molecule has 0 atom stereocenters. The maximum atomic E-state index is 13.4. The van der Waals surface area contributed by atoms with Crippen LogP contribution >= 0.6 is 7.82 Å². The van der Waals surface area contributed by atoms with Crippen molar-refractivity contribution in [2.75, 3.05) is 19.8 Å². The van der Waals surface area contributed by atoms with Crippen molar-refractivity contribution in [3.63, 3.8) is 0 Å². The van der Waals surface area contributed by atoms with E-state index in [4.69, 9.17) is 13.6 Å². The predicted molar refractivity (Wildman–Crippen MR) is 140 cm³/mol. The first-order valence-corrected chi connectivity index (χ1v) is 14.7.